The summed E-state index contributed by atoms with van der Waals surface area (Å²) in [6.07, 6.45) is 3.69. The van der Waals surface area contributed by atoms with Gasteiger partial charge in [-0.15, -0.1) is 0 Å². The Hall–Kier alpha value is -0.610. The molecular weight excluding hydrogens is 168 g/mol. The number of carbonyl (C=O) groups excluding carboxylic acids is 1. The number of aliphatic hydroxyl groups excluding tert-OH is 1. The lowest BCUT2D eigenvalue weighted by Crippen LogP contribution is -2.47. The summed E-state index contributed by atoms with van der Waals surface area (Å²) in [4.78, 5) is 11.2. The lowest BCUT2D eigenvalue weighted by molar-refractivity contribution is -0.120. The van der Waals surface area contributed by atoms with Crippen LogP contribution in [0.2, 0.25) is 0 Å². The lowest BCUT2D eigenvalue weighted by atomic mass is 9.89. The summed E-state index contributed by atoms with van der Waals surface area (Å²) in [5, 5.41) is 15.0. The summed E-state index contributed by atoms with van der Waals surface area (Å²) in [7, 11) is 0. The van der Waals surface area contributed by atoms with Gasteiger partial charge in [0.2, 0.25) is 5.91 Å². The second-order valence-corrected chi connectivity index (χ2v) is 4.04. The van der Waals surface area contributed by atoms with Crippen molar-refractivity contribution in [3.05, 3.63) is 0 Å². The Morgan fingerprint density at radius 1 is 1.31 bits per heavy atom. The van der Waals surface area contributed by atoms with E-state index in [-0.39, 0.29) is 12.0 Å². The summed E-state index contributed by atoms with van der Waals surface area (Å²) in [5.74, 6) is 0.0869. The first kappa shape index (κ1) is 8.97. The molecule has 0 unspecified atom stereocenters. The van der Waals surface area contributed by atoms with Crippen molar-refractivity contribution in [2.24, 2.45) is 0 Å². The van der Waals surface area contributed by atoms with Gasteiger partial charge in [-0.2, -0.15) is 0 Å². The summed E-state index contributed by atoms with van der Waals surface area (Å²) in [6.45, 7) is 0.397. The topological polar surface area (TPSA) is 61.4 Å². The number of aliphatic hydroxyl groups is 1. The standard InChI is InChI=1S/C9H16N2O2/c12-8-3-7(4-8)10-5-9(13)11-6-1-2-6/h6-8,10,12H,1-5H2,(H,11,13). The van der Waals surface area contributed by atoms with Gasteiger partial charge < -0.3 is 15.7 Å². The maximum Gasteiger partial charge on any atom is 0.234 e. The van der Waals surface area contributed by atoms with Gasteiger partial charge in [0, 0.05) is 12.1 Å². The minimum Gasteiger partial charge on any atom is -0.393 e. The van der Waals surface area contributed by atoms with Crippen molar-refractivity contribution >= 4 is 5.91 Å². The molecule has 74 valence electrons. The van der Waals surface area contributed by atoms with E-state index in [0.29, 0.717) is 18.6 Å². The lowest BCUT2D eigenvalue weighted by Gasteiger charge is -2.31. The normalized spacial score (nSPS) is 32.4. The predicted molar refractivity (Wildman–Crippen MR) is 48.2 cm³/mol. The van der Waals surface area contributed by atoms with Crippen molar-refractivity contribution in [3.63, 3.8) is 0 Å². The van der Waals surface area contributed by atoms with E-state index in [1.54, 1.807) is 0 Å². The highest BCUT2D eigenvalue weighted by molar-refractivity contribution is 5.78. The van der Waals surface area contributed by atoms with Gasteiger partial charge in [-0.25, -0.2) is 0 Å². The van der Waals surface area contributed by atoms with Crippen LogP contribution in [0.15, 0.2) is 0 Å². The molecule has 0 aromatic rings. The van der Waals surface area contributed by atoms with Gasteiger partial charge in [0.05, 0.1) is 12.6 Å². The van der Waals surface area contributed by atoms with E-state index in [9.17, 15) is 4.79 Å². The molecule has 2 rings (SSSR count). The fraction of sp³-hybridized carbons (Fsp3) is 0.889. The number of hydrogen-bond acceptors (Lipinski definition) is 3. The van der Waals surface area contributed by atoms with E-state index in [2.05, 4.69) is 10.6 Å². The molecule has 13 heavy (non-hydrogen) atoms. The highest BCUT2D eigenvalue weighted by Crippen LogP contribution is 2.19. The maximum absolute atomic E-state index is 11.2. The van der Waals surface area contributed by atoms with Crippen molar-refractivity contribution in [3.8, 4) is 0 Å². The van der Waals surface area contributed by atoms with Crippen LogP contribution in [0.4, 0.5) is 0 Å². The Morgan fingerprint density at radius 3 is 2.54 bits per heavy atom. The molecule has 2 aliphatic rings. The van der Waals surface area contributed by atoms with Crippen molar-refractivity contribution in [2.75, 3.05) is 6.54 Å². The van der Waals surface area contributed by atoms with E-state index >= 15 is 0 Å². The molecule has 4 heteroatoms. The van der Waals surface area contributed by atoms with Crippen LogP contribution >= 0.6 is 0 Å². The zero-order valence-electron chi connectivity index (χ0n) is 7.62. The molecule has 0 radical (unpaired) electrons. The average molecular weight is 184 g/mol. The van der Waals surface area contributed by atoms with E-state index in [4.69, 9.17) is 5.11 Å². The Labute approximate surface area is 77.7 Å². The number of amides is 1. The summed E-state index contributed by atoms with van der Waals surface area (Å²) in [6, 6.07) is 0.793. The van der Waals surface area contributed by atoms with E-state index in [0.717, 1.165) is 25.7 Å². The van der Waals surface area contributed by atoms with Crippen LogP contribution in [0.1, 0.15) is 25.7 Å². The molecule has 2 fully saturated rings. The van der Waals surface area contributed by atoms with Gasteiger partial charge in [0.1, 0.15) is 0 Å². The number of nitrogens with one attached hydrogen (secondary N) is 2. The Kier molecular flexibility index (Phi) is 2.51. The molecule has 0 heterocycles. The molecule has 2 aliphatic carbocycles. The molecule has 0 aromatic carbocycles. The van der Waals surface area contributed by atoms with Gasteiger partial charge in [0.25, 0.3) is 0 Å². The van der Waals surface area contributed by atoms with Gasteiger partial charge >= 0.3 is 0 Å². The Balaban J connectivity index is 1.54. The quantitative estimate of drug-likeness (QED) is 0.545. The first-order valence-electron chi connectivity index (χ1n) is 4.95. The largest absolute Gasteiger partial charge is 0.393 e. The van der Waals surface area contributed by atoms with Crippen LogP contribution in [-0.4, -0.2) is 35.7 Å². The fourth-order valence-electron chi connectivity index (χ4n) is 1.50. The molecule has 3 N–H and O–H groups in total. The third kappa shape index (κ3) is 2.67. The van der Waals surface area contributed by atoms with Crippen molar-refractivity contribution in [1.29, 1.82) is 0 Å². The summed E-state index contributed by atoms with van der Waals surface area (Å²) in [5.41, 5.74) is 0. The van der Waals surface area contributed by atoms with Gasteiger partial charge in [-0.3, -0.25) is 4.79 Å². The molecule has 0 aliphatic heterocycles. The molecule has 0 atom stereocenters. The van der Waals surface area contributed by atoms with Crippen LogP contribution in [0.5, 0.6) is 0 Å². The predicted octanol–water partition coefficient (Wildman–Crippen LogP) is -0.622. The minimum absolute atomic E-state index is 0.0869. The van der Waals surface area contributed by atoms with Crippen LogP contribution in [0.3, 0.4) is 0 Å². The minimum atomic E-state index is -0.149. The van der Waals surface area contributed by atoms with Gasteiger partial charge in [-0.05, 0) is 25.7 Å². The number of hydrogen-bond donors (Lipinski definition) is 3. The highest BCUT2D eigenvalue weighted by atomic mass is 16.3. The summed E-state index contributed by atoms with van der Waals surface area (Å²) >= 11 is 0. The van der Waals surface area contributed by atoms with Crippen molar-refractivity contribution in [2.45, 2.75) is 43.9 Å². The van der Waals surface area contributed by atoms with Crippen LogP contribution in [0, 0.1) is 0 Å². The average Bonchev–Trinajstić information content (AvgIpc) is 2.79. The molecular formula is C9H16N2O2. The smallest absolute Gasteiger partial charge is 0.234 e. The highest BCUT2D eigenvalue weighted by Gasteiger charge is 2.28. The monoisotopic (exact) mass is 184 g/mol. The molecule has 2 saturated carbocycles. The molecule has 0 aromatic heterocycles. The van der Waals surface area contributed by atoms with E-state index in [1.165, 1.54) is 0 Å². The number of rotatable bonds is 4. The molecule has 0 spiro atoms. The maximum atomic E-state index is 11.2. The van der Waals surface area contributed by atoms with E-state index in [1.807, 2.05) is 0 Å². The third-order valence-electron chi connectivity index (χ3n) is 2.61. The van der Waals surface area contributed by atoms with Crippen LogP contribution < -0.4 is 10.6 Å². The Morgan fingerprint density at radius 2 is 2.00 bits per heavy atom. The second-order valence-electron chi connectivity index (χ2n) is 4.04. The second kappa shape index (κ2) is 3.64. The van der Waals surface area contributed by atoms with Gasteiger partial charge in [0.15, 0.2) is 0 Å². The van der Waals surface area contributed by atoms with Crippen molar-refractivity contribution in [1.82, 2.24) is 10.6 Å². The van der Waals surface area contributed by atoms with Crippen LogP contribution in [0.25, 0.3) is 0 Å². The van der Waals surface area contributed by atoms with Gasteiger partial charge in [-0.1, -0.05) is 0 Å². The molecule has 1 amide bonds. The Bertz CT molecular complexity index is 198. The molecule has 0 bridgehead atoms. The fourth-order valence-corrected chi connectivity index (χ4v) is 1.50. The first-order chi connectivity index (χ1) is 6.24. The van der Waals surface area contributed by atoms with Crippen LogP contribution in [-0.2, 0) is 4.79 Å². The zero-order chi connectivity index (χ0) is 9.26. The first-order valence-corrected chi connectivity index (χ1v) is 4.95. The third-order valence-corrected chi connectivity index (χ3v) is 2.61. The van der Waals surface area contributed by atoms with Crippen molar-refractivity contribution < 1.29 is 9.90 Å². The molecule has 4 nitrogen and oxygen atoms in total. The SMILES string of the molecule is O=C(CNC1CC(O)C1)NC1CC1. The summed E-state index contributed by atoms with van der Waals surface area (Å²) < 4.78 is 0. The molecule has 0 saturated heterocycles. The zero-order valence-corrected chi connectivity index (χ0v) is 7.62. The number of carbonyl (C=O) groups is 1. The van der Waals surface area contributed by atoms with E-state index < -0.39 is 0 Å².